The molecule has 0 bridgehead atoms. The summed E-state index contributed by atoms with van der Waals surface area (Å²) in [4.78, 5) is 14.4. The van der Waals surface area contributed by atoms with Crippen LogP contribution in [0.5, 0.6) is 0 Å². The molecule has 7 heteroatoms. The molecule has 1 fully saturated rings. The largest absolute Gasteiger partial charge is 0.379 e. The first-order chi connectivity index (χ1) is 9.18. The van der Waals surface area contributed by atoms with E-state index in [4.69, 9.17) is 4.74 Å². The Morgan fingerprint density at radius 1 is 1.53 bits per heavy atom. The van der Waals surface area contributed by atoms with E-state index >= 15 is 0 Å². The summed E-state index contributed by atoms with van der Waals surface area (Å²) in [6.07, 6.45) is 2.66. The Kier molecular flexibility index (Phi) is 5.59. The molecule has 0 radical (unpaired) electrons. The number of nitrogens with one attached hydrogen (secondary N) is 1. The number of hydrogen-bond acceptors (Lipinski definition) is 4. The molecule has 19 heavy (non-hydrogen) atoms. The summed E-state index contributed by atoms with van der Waals surface area (Å²) < 4.78 is 7.79. The van der Waals surface area contributed by atoms with Crippen LogP contribution in [0.25, 0.3) is 0 Å². The number of carbonyl (C=O) groups excluding carboxylic acids is 1. The fourth-order valence-electron chi connectivity index (χ4n) is 2.08. The number of hydrogen-bond donors (Lipinski definition) is 1. The van der Waals surface area contributed by atoms with Gasteiger partial charge in [0.05, 0.1) is 23.0 Å². The molecule has 0 unspecified atom stereocenters. The van der Waals surface area contributed by atoms with Crippen molar-refractivity contribution < 1.29 is 9.53 Å². The number of aryl methyl sites for hydroxylation is 1. The van der Waals surface area contributed by atoms with Gasteiger partial charge in [-0.2, -0.15) is 5.10 Å². The van der Waals surface area contributed by atoms with Crippen LogP contribution >= 0.6 is 22.6 Å². The maximum atomic E-state index is 12.0. The van der Waals surface area contributed by atoms with Gasteiger partial charge in [0.15, 0.2) is 0 Å². The summed E-state index contributed by atoms with van der Waals surface area (Å²) >= 11 is 2.13. The van der Waals surface area contributed by atoms with E-state index in [0.717, 1.165) is 42.8 Å². The number of morpholine rings is 1. The first kappa shape index (κ1) is 14.7. The van der Waals surface area contributed by atoms with Crippen LogP contribution in [0, 0.1) is 3.57 Å². The molecule has 0 spiro atoms. The number of nitrogens with zero attached hydrogens (tertiary/aromatic N) is 3. The first-order valence-corrected chi connectivity index (χ1v) is 7.52. The molecule has 1 saturated heterocycles. The molecular weight excluding hydrogens is 359 g/mol. The minimum atomic E-state index is -0.0497. The Bertz CT molecular complexity index is 410. The Balaban J connectivity index is 1.69. The zero-order valence-electron chi connectivity index (χ0n) is 11.1. The third-order valence-electron chi connectivity index (χ3n) is 3.15. The van der Waals surface area contributed by atoms with Crippen molar-refractivity contribution in [1.29, 1.82) is 0 Å². The van der Waals surface area contributed by atoms with E-state index in [1.807, 2.05) is 0 Å². The van der Waals surface area contributed by atoms with Gasteiger partial charge in [0.2, 0.25) is 0 Å². The summed E-state index contributed by atoms with van der Waals surface area (Å²) in [5.41, 5.74) is 0.631. The smallest absolute Gasteiger partial charge is 0.270 e. The van der Waals surface area contributed by atoms with E-state index in [2.05, 4.69) is 37.9 Å². The quantitative estimate of drug-likeness (QED) is 0.598. The normalized spacial score (nSPS) is 16.5. The molecular formula is C12H19IN4O2. The fourth-order valence-corrected chi connectivity index (χ4v) is 2.80. The summed E-state index contributed by atoms with van der Waals surface area (Å²) in [5, 5.41) is 7.01. The standard InChI is InChI=1S/C12H19IN4O2/c1-16-11(10(13)9-15-16)12(18)14-3-2-4-17-5-7-19-8-6-17/h9H,2-8H2,1H3,(H,14,18). The summed E-state index contributed by atoms with van der Waals surface area (Å²) in [5.74, 6) is -0.0497. The lowest BCUT2D eigenvalue weighted by Gasteiger charge is -2.26. The SMILES string of the molecule is Cn1ncc(I)c1C(=O)NCCCN1CCOCC1. The zero-order valence-corrected chi connectivity index (χ0v) is 13.2. The van der Waals surface area contributed by atoms with Crippen molar-refractivity contribution in [2.24, 2.45) is 7.05 Å². The van der Waals surface area contributed by atoms with Crippen LogP contribution in [0.1, 0.15) is 16.9 Å². The van der Waals surface area contributed by atoms with Crippen molar-refractivity contribution in [2.45, 2.75) is 6.42 Å². The van der Waals surface area contributed by atoms with Crippen molar-refractivity contribution in [3.05, 3.63) is 15.5 Å². The highest BCUT2D eigenvalue weighted by atomic mass is 127. The van der Waals surface area contributed by atoms with Gasteiger partial charge in [-0.1, -0.05) is 0 Å². The number of amides is 1. The highest BCUT2D eigenvalue weighted by Gasteiger charge is 2.15. The summed E-state index contributed by atoms with van der Waals surface area (Å²) in [7, 11) is 1.78. The maximum absolute atomic E-state index is 12.0. The van der Waals surface area contributed by atoms with Gasteiger partial charge in [-0.3, -0.25) is 14.4 Å². The average molecular weight is 378 g/mol. The molecule has 1 N–H and O–H groups in total. The molecule has 2 heterocycles. The van der Waals surface area contributed by atoms with Crippen LogP contribution < -0.4 is 5.32 Å². The molecule has 106 valence electrons. The van der Waals surface area contributed by atoms with Crippen LogP contribution in [0.15, 0.2) is 6.20 Å². The summed E-state index contributed by atoms with van der Waals surface area (Å²) in [6.45, 7) is 5.32. The molecule has 1 aromatic heterocycles. The highest BCUT2D eigenvalue weighted by Crippen LogP contribution is 2.09. The topological polar surface area (TPSA) is 59.4 Å². The number of carbonyl (C=O) groups is 1. The van der Waals surface area contributed by atoms with Crippen LogP contribution in [0.4, 0.5) is 0 Å². The monoisotopic (exact) mass is 378 g/mol. The number of halogens is 1. The van der Waals surface area contributed by atoms with E-state index in [0.29, 0.717) is 12.2 Å². The van der Waals surface area contributed by atoms with E-state index < -0.39 is 0 Å². The van der Waals surface area contributed by atoms with Gasteiger partial charge in [0.1, 0.15) is 5.69 Å². The molecule has 1 aromatic rings. The van der Waals surface area contributed by atoms with E-state index in [1.54, 1.807) is 17.9 Å². The average Bonchev–Trinajstić information content (AvgIpc) is 2.75. The Hall–Kier alpha value is -0.670. The van der Waals surface area contributed by atoms with Gasteiger partial charge >= 0.3 is 0 Å². The summed E-state index contributed by atoms with van der Waals surface area (Å²) in [6, 6.07) is 0. The minimum absolute atomic E-state index is 0.0497. The Morgan fingerprint density at radius 2 is 2.26 bits per heavy atom. The number of ether oxygens (including phenoxy) is 1. The van der Waals surface area contributed by atoms with Crippen molar-refractivity contribution in [3.63, 3.8) is 0 Å². The third-order valence-corrected chi connectivity index (χ3v) is 3.94. The number of rotatable bonds is 5. The molecule has 1 aliphatic heterocycles. The lowest BCUT2D eigenvalue weighted by atomic mass is 10.3. The third kappa shape index (κ3) is 4.15. The van der Waals surface area contributed by atoms with Crippen molar-refractivity contribution >= 4 is 28.5 Å². The van der Waals surface area contributed by atoms with Crippen LogP contribution in [0.2, 0.25) is 0 Å². The van der Waals surface area contributed by atoms with Gasteiger partial charge in [-0.05, 0) is 35.6 Å². The zero-order chi connectivity index (χ0) is 13.7. The molecule has 0 saturated carbocycles. The van der Waals surface area contributed by atoms with Crippen LogP contribution in [0.3, 0.4) is 0 Å². The van der Waals surface area contributed by atoms with Crippen LogP contribution in [-0.2, 0) is 11.8 Å². The molecule has 2 rings (SSSR count). The van der Waals surface area contributed by atoms with E-state index in [9.17, 15) is 4.79 Å². The van der Waals surface area contributed by atoms with Gasteiger partial charge in [0, 0.05) is 26.7 Å². The van der Waals surface area contributed by atoms with E-state index in [1.165, 1.54) is 0 Å². The Labute approximate surface area is 126 Å². The van der Waals surface area contributed by atoms with Gasteiger partial charge < -0.3 is 10.1 Å². The maximum Gasteiger partial charge on any atom is 0.270 e. The van der Waals surface area contributed by atoms with Gasteiger partial charge in [-0.15, -0.1) is 0 Å². The van der Waals surface area contributed by atoms with E-state index in [-0.39, 0.29) is 5.91 Å². The second-order valence-electron chi connectivity index (χ2n) is 4.53. The van der Waals surface area contributed by atoms with Crippen molar-refractivity contribution in [3.8, 4) is 0 Å². The van der Waals surface area contributed by atoms with Gasteiger partial charge in [-0.25, -0.2) is 0 Å². The predicted molar refractivity (Wildman–Crippen MR) is 80.1 cm³/mol. The minimum Gasteiger partial charge on any atom is -0.379 e. The van der Waals surface area contributed by atoms with Gasteiger partial charge in [0.25, 0.3) is 5.91 Å². The second-order valence-corrected chi connectivity index (χ2v) is 5.69. The second kappa shape index (κ2) is 7.20. The lowest BCUT2D eigenvalue weighted by molar-refractivity contribution is 0.0374. The lowest BCUT2D eigenvalue weighted by Crippen LogP contribution is -2.38. The molecule has 1 aliphatic rings. The Morgan fingerprint density at radius 3 is 2.89 bits per heavy atom. The molecule has 0 atom stereocenters. The molecule has 6 nitrogen and oxygen atoms in total. The first-order valence-electron chi connectivity index (χ1n) is 6.44. The fraction of sp³-hybridized carbons (Fsp3) is 0.667. The molecule has 0 aromatic carbocycles. The highest BCUT2D eigenvalue weighted by molar-refractivity contribution is 14.1. The predicted octanol–water partition coefficient (Wildman–Crippen LogP) is 0.477. The molecule has 1 amide bonds. The van der Waals surface area contributed by atoms with Crippen LogP contribution in [-0.4, -0.2) is 60.0 Å². The molecule has 0 aliphatic carbocycles. The van der Waals surface area contributed by atoms with Crippen molar-refractivity contribution in [2.75, 3.05) is 39.4 Å². The number of aromatic nitrogens is 2. The van der Waals surface area contributed by atoms with Crippen molar-refractivity contribution in [1.82, 2.24) is 20.0 Å².